The standard InChI is InChI=1S/C17H22N3O5PS/c1-11(13-3-5-14(6-4-13)16-12(2)18-10-27-16)19-17(21)20-8-7-15(9-20)25-26(22,23)24/h3-6,10-11,15H,7-9H2,1-2H3,(H,19,21)(H2,22,23,24)/t11-,15?/m0/s1. The number of nitrogens with zero attached hydrogens (tertiary/aromatic N) is 2. The minimum atomic E-state index is -4.54. The van der Waals surface area contributed by atoms with Crippen LogP contribution in [0.1, 0.15) is 30.6 Å². The molecule has 2 heterocycles. The van der Waals surface area contributed by atoms with Gasteiger partial charge in [-0.25, -0.2) is 14.3 Å². The number of phosphoric acid groups is 1. The summed E-state index contributed by atoms with van der Waals surface area (Å²) in [5, 5.41) is 2.91. The highest BCUT2D eigenvalue weighted by Gasteiger charge is 2.32. The minimum absolute atomic E-state index is 0.160. The van der Waals surface area contributed by atoms with Crippen LogP contribution < -0.4 is 5.32 Å². The van der Waals surface area contributed by atoms with Gasteiger partial charge in [-0.15, -0.1) is 11.3 Å². The van der Waals surface area contributed by atoms with Gasteiger partial charge in [-0.1, -0.05) is 24.3 Å². The van der Waals surface area contributed by atoms with Crippen molar-refractivity contribution in [3.8, 4) is 10.4 Å². The lowest BCUT2D eigenvalue weighted by Gasteiger charge is -2.21. The molecule has 2 aromatic rings. The Morgan fingerprint density at radius 2 is 2.11 bits per heavy atom. The van der Waals surface area contributed by atoms with Gasteiger partial charge in [0.1, 0.15) is 0 Å². The van der Waals surface area contributed by atoms with Crippen LogP contribution in [0.15, 0.2) is 29.8 Å². The van der Waals surface area contributed by atoms with E-state index in [1.807, 2.05) is 43.6 Å². The molecule has 0 aliphatic carbocycles. The molecule has 1 unspecified atom stereocenters. The Labute approximate surface area is 161 Å². The number of aromatic nitrogens is 1. The average molecular weight is 411 g/mol. The number of phosphoric ester groups is 1. The second-order valence-electron chi connectivity index (χ2n) is 6.51. The molecule has 3 rings (SSSR count). The number of likely N-dealkylation sites (tertiary alicyclic amines) is 1. The zero-order valence-electron chi connectivity index (χ0n) is 15.0. The van der Waals surface area contributed by atoms with Crippen LogP contribution in [0.25, 0.3) is 10.4 Å². The van der Waals surface area contributed by atoms with E-state index < -0.39 is 13.9 Å². The lowest BCUT2D eigenvalue weighted by molar-refractivity contribution is 0.136. The molecule has 0 bridgehead atoms. The quantitative estimate of drug-likeness (QED) is 0.652. The van der Waals surface area contributed by atoms with Gasteiger partial charge in [0.2, 0.25) is 0 Å². The number of nitrogens with one attached hydrogen (secondary N) is 1. The maximum absolute atomic E-state index is 12.4. The summed E-state index contributed by atoms with van der Waals surface area (Å²) in [6.45, 7) is 4.42. The minimum Gasteiger partial charge on any atom is -0.331 e. The molecule has 146 valence electrons. The van der Waals surface area contributed by atoms with E-state index in [1.54, 1.807) is 11.3 Å². The van der Waals surface area contributed by atoms with Gasteiger partial charge in [-0.2, -0.15) is 0 Å². The van der Waals surface area contributed by atoms with Gasteiger partial charge >= 0.3 is 13.9 Å². The van der Waals surface area contributed by atoms with Crippen LogP contribution in [0, 0.1) is 6.92 Å². The van der Waals surface area contributed by atoms with Crippen LogP contribution in [-0.4, -0.2) is 44.9 Å². The number of thiazole rings is 1. The molecule has 10 heteroatoms. The highest BCUT2D eigenvalue weighted by atomic mass is 32.1. The van der Waals surface area contributed by atoms with Gasteiger partial charge < -0.3 is 20.0 Å². The van der Waals surface area contributed by atoms with Gasteiger partial charge in [-0.3, -0.25) is 4.52 Å². The molecule has 1 saturated heterocycles. The molecule has 1 aliphatic rings. The van der Waals surface area contributed by atoms with E-state index in [-0.39, 0.29) is 18.6 Å². The van der Waals surface area contributed by atoms with Crippen molar-refractivity contribution in [2.45, 2.75) is 32.4 Å². The Bertz CT molecular complexity index is 851. The Morgan fingerprint density at radius 3 is 2.70 bits per heavy atom. The predicted molar refractivity (Wildman–Crippen MR) is 102 cm³/mol. The van der Waals surface area contributed by atoms with E-state index in [9.17, 15) is 9.36 Å². The largest absolute Gasteiger partial charge is 0.469 e. The third-order valence-corrected chi connectivity index (χ3v) is 6.03. The van der Waals surface area contributed by atoms with Crippen LogP contribution in [-0.2, 0) is 9.09 Å². The number of rotatable bonds is 5. The van der Waals surface area contributed by atoms with Gasteiger partial charge in [0.15, 0.2) is 0 Å². The van der Waals surface area contributed by atoms with Crippen LogP contribution in [0.2, 0.25) is 0 Å². The third kappa shape index (κ3) is 5.15. The average Bonchev–Trinajstić information content (AvgIpc) is 3.22. The molecule has 2 atom stereocenters. The second kappa shape index (κ2) is 8.08. The van der Waals surface area contributed by atoms with E-state index in [0.29, 0.717) is 13.0 Å². The number of hydrogen-bond acceptors (Lipinski definition) is 5. The van der Waals surface area contributed by atoms with Crippen molar-refractivity contribution in [2.24, 2.45) is 0 Å². The zero-order chi connectivity index (χ0) is 19.6. The maximum atomic E-state index is 12.4. The maximum Gasteiger partial charge on any atom is 0.469 e. The fraction of sp³-hybridized carbons (Fsp3) is 0.412. The Hall–Kier alpha value is -1.77. The highest BCUT2D eigenvalue weighted by molar-refractivity contribution is 7.46. The molecule has 27 heavy (non-hydrogen) atoms. The molecule has 2 amide bonds. The number of hydrogen-bond donors (Lipinski definition) is 3. The molecule has 1 fully saturated rings. The smallest absolute Gasteiger partial charge is 0.331 e. The number of carbonyl (C=O) groups excluding carboxylic acids is 1. The summed E-state index contributed by atoms with van der Waals surface area (Å²) in [7, 11) is -4.54. The Kier molecular flexibility index (Phi) is 5.98. The first kappa shape index (κ1) is 20.0. The van der Waals surface area contributed by atoms with Crippen molar-refractivity contribution in [3.05, 3.63) is 41.0 Å². The van der Waals surface area contributed by atoms with Crippen molar-refractivity contribution in [2.75, 3.05) is 13.1 Å². The molecule has 3 N–H and O–H groups in total. The molecule has 1 aromatic carbocycles. The lowest BCUT2D eigenvalue weighted by atomic mass is 10.0. The van der Waals surface area contributed by atoms with Gasteiger partial charge in [0.25, 0.3) is 0 Å². The van der Waals surface area contributed by atoms with Crippen molar-refractivity contribution < 1.29 is 23.7 Å². The summed E-state index contributed by atoms with van der Waals surface area (Å²) < 4.78 is 15.6. The van der Waals surface area contributed by atoms with E-state index in [2.05, 4.69) is 14.8 Å². The summed E-state index contributed by atoms with van der Waals surface area (Å²) >= 11 is 1.59. The van der Waals surface area contributed by atoms with E-state index >= 15 is 0 Å². The van der Waals surface area contributed by atoms with E-state index in [0.717, 1.165) is 21.7 Å². The molecular formula is C17H22N3O5PS. The van der Waals surface area contributed by atoms with E-state index in [1.165, 1.54) is 4.90 Å². The fourth-order valence-electron chi connectivity index (χ4n) is 3.05. The number of benzene rings is 1. The fourth-order valence-corrected chi connectivity index (χ4v) is 4.43. The Balaban J connectivity index is 1.57. The van der Waals surface area contributed by atoms with Crippen molar-refractivity contribution in [1.82, 2.24) is 15.2 Å². The van der Waals surface area contributed by atoms with E-state index in [4.69, 9.17) is 9.79 Å². The first-order valence-electron chi connectivity index (χ1n) is 8.53. The lowest BCUT2D eigenvalue weighted by Crippen LogP contribution is -2.40. The molecule has 0 saturated carbocycles. The SMILES string of the molecule is Cc1ncsc1-c1ccc([C@H](C)NC(=O)N2CCC(OP(=O)(O)O)C2)cc1. The van der Waals surface area contributed by atoms with Crippen LogP contribution >= 0.6 is 19.2 Å². The molecule has 1 aliphatic heterocycles. The molecule has 8 nitrogen and oxygen atoms in total. The monoisotopic (exact) mass is 411 g/mol. The van der Waals surface area contributed by atoms with Crippen molar-refractivity contribution in [3.63, 3.8) is 0 Å². The molecule has 1 aromatic heterocycles. The molecular weight excluding hydrogens is 389 g/mol. The van der Waals surface area contributed by atoms with Gasteiger partial charge in [0.05, 0.1) is 28.2 Å². The summed E-state index contributed by atoms with van der Waals surface area (Å²) in [5.74, 6) is 0. The number of aryl methyl sites for hydroxylation is 1. The van der Waals surface area contributed by atoms with Gasteiger partial charge in [-0.05, 0) is 31.4 Å². The summed E-state index contributed by atoms with van der Waals surface area (Å²) in [5.41, 5.74) is 4.88. The summed E-state index contributed by atoms with van der Waals surface area (Å²) in [6.07, 6.45) is -0.246. The number of carbonyl (C=O) groups is 1. The first-order chi connectivity index (χ1) is 12.7. The highest BCUT2D eigenvalue weighted by Crippen LogP contribution is 2.39. The van der Waals surface area contributed by atoms with Crippen LogP contribution in [0.5, 0.6) is 0 Å². The predicted octanol–water partition coefficient (Wildman–Crippen LogP) is 3.07. The second-order valence-corrected chi connectivity index (χ2v) is 8.56. The van der Waals surface area contributed by atoms with Crippen LogP contribution in [0.4, 0.5) is 4.79 Å². The number of amides is 2. The summed E-state index contributed by atoms with van der Waals surface area (Å²) in [6, 6.07) is 7.50. The van der Waals surface area contributed by atoms with Crippen molar-refractivity contribution in [1.29, 1.82) is 0 Å². The Morgan fingerprint density at radius 1 is 1.41 bits per heavy atom. The summed E-state index contributed by atoms with van der Waals surface area (Å²) in [4.78, 5) is 37.0. The molecule has 0 radical (unpaired) electrons. The first-order valence-corrected chi connectivity index (χ1v) is 10.9. The van der Waals surface area contributed by atoms with Crippen LogP contribution in [0.3, 0.4) is 0 Å². The third-order valence-electron chi connectivity index (χ3n) is 4.48. The normalized spacial score (nSPS) is 18.5. The van der Waals surface area contributed by atoms with Crippen molar-refractivity contribution >= 4 is 25.2 Å². The molecule has 0 spiro atoms. The topological polar surface area (TPSA) is 112 Å². The zero-order valence-corrected chi connectivity index (χ0v) is 16.7. The van der Waals surface area contributed by atoms with Gasteiger partial charge in [0, 0.05) is 13.1 Å². The number of urea groups is 1.